The Balaban J connectivity index is 2.53. The molecule has 1 aromatic rings. The molecular formula is C14H22F3N3O. The first-order valence-electron chi connectivity index (χ1n) is 6.95. The number of aromatic nitrogens is 2. The molecule has 0 spiro atoms. The zero-order valence-corrected chi connectivity index (χ0v) is 12.7. The van der Waals surface area contributed by atoms with Gasteiger partial charge in [-0.3, -0.25) is 0 Å². The number of hydrogen-bond acceptors (Lipinski definition) is 4. The molecule has 0 bridgehead atoms. The van der Waals surface area contributed by atoms with Gasteiger partial charge in [0.15, 0.2) is 0 Å². The van der Waals surface area contributed by atoms with Crippen molar-refractivity contribution in [2.45, 2.75) is 39.3 Å². The normalized spacial score (nSPS) is 11.9. The van der Waals surface area contributed by atoms with Gasteiger partial charge in [0.2, 0.25) is 0 Å². The zero-order chi connectivity index (χ0) is 15.9. The van der Waals surface area contributed by atoms with Crippen molar-refractivity contribution in [2.75, 3.05) is 26.8 Å². The maximum Gasteiger partial charge on any atom is 0.411 e. The van der Waals surface area contributed by atoms with Gasteiger partial charge < -0.3 is 10.1 Å². The van der Waals surface area contributed by atoms with Crippen molar-refractivity contribution in [3.63, 3.8) is 0 Å². The van der Waals surface area contributed by atoms with Crippen LogP contribution >= 0.6 is 0 Å². The first-order valence-corrected chi connectivity index (χ1v) is 6.95. The van der Waals surface area contributed by atoms with Gasteiger partial charge in [-0.25, -0.2) is 9.97 Å². The lowest BCUT2D eigenvalue weighted by atomic mass is 10.1. The Morgan fingerprint density at radius 1 is 1.10 bits per heavy atom. The second-order valence-electron chi connectivity index (χ2n) is 4.91. The minimum absolute atomic E-state index is 0.0303. The highest BCUT2D eigenvalue weighted by molar-refractivity contribution is 5.24. The van der Waals surface area contributed by atoms with Gasteiger partial charge in [0.25, 0.3) is 0 Å². The molecule has 0 unspecified atom stereocenters. The van der Waals surface area contributed by atoms with Crippen LogP contribution in [0.2, 0.25) is 0 Å². The summed E-state index contributed by atoms with van der Waals surface area (Å²) in [5.74, 6) is 0.532. The lowest BCUT2D eigenvalue weighted by molar-refractivity contribution is -0.173. The molecule has 1 N–H and O–H groups in total. The summed E-state index contributed by atoms with van der Waals surface area (Å²) in [5, 5.41) is 3.09. The standard InChI is InChI=1S/C14H22F3N3O/c1-10-12(5-4-7-18-3)11(2)20-13(19-10)6-8-21-9-14(15,16)17/h18H,4-9H2,1-3H3. The first kappa shape index (κ1) is 17.8. The van der Waals surface area contributed by atoms with Crippen LogP contribution in [-0.4, -0.2) is 43.0 Å². The summed E-state index contributed by atoms with van der Waals surface area (Å²) in [4.78, 5) is 8.71. The molecule has 0 amide bonds. The van der Waals surface area contributed by atoms with Gasteiger partial charge in [0.05, 0.1) is 6.61 Å². The quantitative estimate of drug-likeness (QED) is 0.749. The van der Waals surface area contributed by atoms with Crippen molar-refractivity contribution in [1.29, 1.82) is 0 Å². The summed E-state index contributed by atoms with van der Waals surface area (Å²) in [6.45, 7) is 3.48. The van der Waals surface area contributed by atoms with Crippen LogP contribution in [0.15, 0.2) is 0 Å². The fraction of sp³-hybridized carbons (Fsp3) is 0.714. The predicted molar refractivity (Wildman–Crippen MR) is 74.3 cm³/mol. The molecule has 1 rings (SSSR count). The molecule has 7 heteroatoms. The van der Waals surface area contributed by atoms with Gasteiger partial charge >= 0.3 is 6.18 Å². The highest BCUT2D eigenvalue weighted by Crippen LogP contribution is 2.15. The van der Waals surface area contributed by atoms with Crippen LogP contribution in [0.1, 0.15) is 29.2 Å². The number of halogens is 3. The number of aryl methyl sites for hydroxylation is 2. The molecule has 0 aliphatic heterocycles. The van der Waals surface area contributed by atoms with E-state index < -0.39 is 12.8 Å². The predicted octanol–water partition coefficient (Wildman–Crippen LogP) is 2.37. The topological polar surface area (TPSA) is 47.0 Å². The lowest BCUT2D eigenvalue weighted by Crippen LogP contribution is -2.18. The molecule has 0 atom stereocenters. The van der Waals surface area contributed by atoms with Crippen LogP contribution in [0, 0.1) is 13.8 Å². The average molecular weight is 305 g/mol. The maximum absolute atomic E-state index is 11.9. The fourth-order valence-corrected chi connectivity index (χ4v) is 2.08. The van der Waals surface area contributed by atoms with Crippen LogP contribution in [0.5, 0.6) is 0 Å². The second-order valence-corrected chi connectivity index (χ2v) is 4.91. The van der Waals surface area contributed by atoms with Gasteiger partial charge in [0.1, 0.15) is 12.4 Å². The van der Waals surface area contributed by atoms with Crippen molar-refractivity contribution < 1.29 is 17.9 Å². The van der Waals surface area contributed by atoms with E-state index in [4.69, 9.17) is 0 Å². The third kappa shape index (κ3) is 6.86. The Bertz CT molecular complexity index is 427. The largest absolute Gasteiger partial charge is 0.411 e. The fourth-order valence-electron chi connectivity index (χ4n) is 2.08. The number of alkyl halides is 3. The van der Waals surface area contributed by atoms with E-state index in [0.29, 0.717) is 5.82 Å². The summed E-state index contributed by atoms with van der Waals surface area (Å²) in [6.07, 6.45) is -2.11. The van der Waals surface area contributed by atoms with Crippen molar-refractivity contribution >= 4 is 0 Å². The van der Waals surface area contributed by atoms with E-state index in [1.807, 2.05) is 20.9 Å². The van der Waals surface area contributed by atoms with Gasteiger partial charge in [-0.05, 0) is 45.8 Å². The number of rotatable bonds is 8. The number of nitrogens with one attached hydrogen (secondary N) is 1. The van der Waals surface area contributed by atoms with E-state index in [1.54, 1.807) is 0 Å². The molecule has 4 nitrogen and oxygen atoms in total. The Kier molecular flexibility index (Phi) is 7.04. The molecule has 0 radical (unpaired) electrons. The summed E-state index contributed by atoms with van der Waals surface area (Å²) >= 11 is 0. The minimum Gasteiger partial charge on any atom is -0.372 e. The summed E-state index contributed by atoms with van der Waals surface area (Å²) in [6, 6.07) is 0. The minimum atomic E-state index is -4.29. The highest BCUT2D eigenvalue weighted by Gasteiger charge is 2.27. The van der Waals surface area contributed by atoms with E-state index in [9.17, 15) is 13.2 Å². The summed E-state index contributed by atoms with van der Waals surface area (Å²) in [5.41, 5.74) is 2.90. The van der Waals surface area contributed by atoms with Gasteiger partial charge in [-0.2, -0.15) is 13.2 Å². The summed E-state index contributed by atoms with van der Waals surface area (Å²) in [7, 11) is 1.90. The van der Waals surface area contributed by atoms with Crippen molar-refractivity contribution in [2.24, 2.45) is 0 Å². The van der Waals surface area contributed by atoms with Crippen molar-refractivity contribution in [3.8, 4) is 0 Å². The van der Waals surface area contributed by atoms with Crippen LogP contribution in [0.3, 0.4) is 0 Å². The number of nitrogens with zero attached hydrogens (tertiary/aromatic N) is 2. The zero-order valence-electron chi connectivity index (χ0n) is 12.7. The maximum atomic E-state index is 11.9. The van der Waals surface area contributed by atoms with E-state index in [0.717, 1.165) is 36.3 Å². The molecule has 21 heavy (non-hydrogen) atoms. The lowest BCUT2D eigenvalue weighted by Gasteiger charge is -2.11. The van der Waals surface area contributed by atoms with Crippen LogP contribution in [-0.2, 0) is 17.6 Å². The van der Waals surface area contributed by atoms with Crippen LogP contribution in [0.25, 0.3) is 0 Å². The Morgan fingerprint density at radius 2 is 1.71 bits per heavy atom. The Hall–Kier alpha value is -1.21. The van der Waals surface area contributed by atoms with E-state index in [2.05, 4.69) is 20.0 Å². The van der Waals surface area contributed by atoms with Crippen LogP contribution < -0.4 is 5.32 Å². The number of hydrogen-bond donors (Lipinski definition) is 1. The average Bonchev–Trinajstić information content (AvgIpc) is 2.37. The molecule has 0 fully saturated rings. The molecule has 0 saturated carbocycles. The highest BCUT2D eigenvalue weighted by atomic mass is 19.4. The molecule has 0 saturated heterocycles. The molecule has 0 aliphatic rings. The van der Waals surface area contributed by atoms with Crippen molar-refractivity contribution in [3.05, 3.63) is 22.8 Å². The smallest absolute Gasteiger partial charge is 0.372 e. The molecule has 0 aliphatic carbocycles. The molecular weight excluding hydrogens is 283 g/mol. The van der Waals surface area contributed by atoms with Gasteiger partial charge in [-0.15, -0.1) is 0 Å². The van der Waals surface area contributed by atoms with E-state index >= 15 is 0 Å². The SMILES string of the molecule is CNCCCc1c(C)nc(CCOCC(F)(F)F)nc1C. The Morgan fingerprint density at radius 3 is 2.24 bits per heavy atom. The monoisotopic (exact) mass is 305 g/mol. The van der Waals surface area contributed by atoms with E-state index in [1.165, 1.54) is 0 Å². The Labute approximate surface area is 123 Å². The molecule has 0 aromatic carbocycles. The van der Waals surface area contributed by atoms with Crippen LogP contribution in [0.4, 0.5) is 13.2 Å². The summed E-state index contributed by atoms with van der Waals surface area (Å²) < 4.78 is 40.4. The van der Waals surface area contributed by atoms with Gasteiger partial charge in [-0.1, -0.05) is 0 Å². The van der Waals surface area contributed by atoms with E-state index in [-0.39, 0.29) is 13.0 Å². The molecule has 1 aromatic heterocycles. The van der Waals surface area contributed by atoms with Gasteiger partial charge in [0, 0.05) is 17.8 Å². The van der Waals surface area contributed by atoms with Crippen molar-refractivity contribution in [1.82, 2.24) is 15.3 Å². The number of ether oxygens (including phenoxy) is 1. The molecule has 120 valence electrons. The third-order valence-corrected chi connectivity index (χ3v) is 3.06. The molecule has 1 heterocycles. The second kappa shape index (κ2) is 8.29. The first-order chi connectivity index (χ1) is 9.83. The third-order valence-electron chi connectivity index (χ3n) is 3.06.